The topological polar surface area (TPSA) is 43.1 Å². The summed E-state index contributed by atoms with van der Waals surface area (Å²) < 4.78 is 1.03. The summed E-state index contributed by atoms with van der Waals surface area (Å²) in [6.07, 6.45) is 0. The van der Waals surface area contributed by atoms with Gasteiger partial charge in [0.05, 0.1) is 4.92 Å². The molecule has 0 spiro atoms. The molecule has 0 unspecified atom stereocenters. The summed E-state index contributed by atoms with van der Waals surface area (Å²) in [6.45, 7) is 4.21. The van der Waals surface area contributed by atoms with Crippen molar-refractivity contribution >= 4 is 21.6 Å². The smallest absolute Gasteiger partial charge is 0.258 e. The molecule has 0 fully saturated rings. The lowest BCUT2D eigenvalue weighted by atomic mass is 9.82. The molecule has 3 rings (SSSR count). The Hall–Kier alpha value is -1.68. The van der Waals surface area contributed by atoms with Crippen LogP contribution in [0.1, 0.15) is 25.0 Å². The highest BCUT2D eigenvalue weighted by Gasteiger charge is 2.36. The van der Waals surface area contributed by atoms with Crippen molar-refractivity contribution in [2.45, 2.75) is 19.3 Å². The molecule has 0 radical (unpaired) electrons. The van der Waals surface area contributed by atoms with Crippen LogP contribution < -0.4 is 0 Å². The van der Waals surface area contributed by atoms with Gasteiger partial charge in [0.15, 0.2) is 0 Å². The average molecular weight is 318 g/mol. The maximum Gasteiger partial charge on any atom is 0.269 e. The SMILES string of the molecule is CC1(C)c2cc(Br)ccc2-c2ccc([N+](=O)[O-])cc21. The molecule has 0 aromatic heterocycles. The van der Waals surface area contributed by atoms with Gasteiger partial charge >= 0.3 is 0 Å². The van der Waals surface area contributed by atoms with Crippen molar-refractivity contribution in [3.8, 4) is 11.1 Å². The number of hydrogen-bond acceptors (Lipinski definition) is 2. The van der Waals surface area contributed by atoms with Crippen molar-refractivity contribution in [3.63, 3.8) is 0 Å². The molecule has 0 N–H and O–H groups in total. The van der Waals surface area contributed by atoms with Crippen LogP contribution >= 0.6 is 15.9 Å². The van der Waals surface area contributed by atoms with Crippen LogP contribution in [0.25, 0.3) is 11.1 Å². The molecule has 0 amide bonds. The number of rotatable bonds is 1. The Balaban J connectivity index is 2.30. The number of nitro benzene ring substituents is 1. The minimum atomic E-state index is -0.338. The molecule has 0 atom stereocenters. The molecule has 0 aliphatic heterocycles. The first-order valence-corrected chi connectivity index (χ1v) is 6.80. The van der Waals surface area contributed by atoms with E-state index >= 15 is 0 Å². The maximum absolute atomic E-state index is 10.9. The third-order valence-corrected chi connectivity index (χ3v) is 4.33. The molecule has 0 heterocycles. The van der Waals surface area contributed by atoms with E-state index in [0.717, 1.165) is 21.2 Å². The largest absolute Gasteiger partial charge is 0.269 e. The van der Waals surface area contributed by atoms with Crippen molar-refractivity contribution in [1.82, 2.24) is 0 Å². The van der Waals surface area contributed by atoms with Crippen molar-refractivity contribution in [2.75, 3.05) is 0 Å². The van der Waals surface area contributed by atoms with Crippen molar-refractivity contribution < 1.29 is 4.92 Å². The van der Waals surface area contributed by atoms with Crippen LogP contribution in [0.4, 0.5) is 5.69 Å². The Bertz CT molecular complexity index is 707. The Morgan fingerprint density at radius 1 is 1.05 bits per heavy atom. The summed E-state index contributed by atoms with van der Waals surface area (Å²) >= 11 is 3.49. The summed E-state index contributed by atoms with van der Waals surface area (Å²) in [5.41, 5.74) is 4.43. The number of benzene rings is 2. The number of halogens is 1. The molecule has 0 bridgehead atoms. The summed E-state index contributed by atoms with van der Waals surface area (Å²) in [4.78, 5) is 10.6. The van der Waals surface area contributed by atoms with E-state index in [1.165, 1.54) is 5.56 Å². The fourth-order valence-corrected chi connectivity index (χ4v) is 3.17. The van der Waals surface area contributed by atoms with Gasteiger partial charge in [0.2, 0.25) is 0 Å². The van der Waals surface area contributed by atoms with Crippen LogP contribution in [0, 0.1) is 10.1 Å². The lowest BCUT2D eigenvalue weighted by Gasteiger charge is -2.21. The van der Waals surface area contributed by atoms with Gasteiger partial charge in [-0.2, -0.15) is 0 Å². The summed E-state index contributed by atoms with van der Waals surface area (Å²) in [5, 5.41) is 10.9. The van der Waals surface area contributed by atoms with Gasteiger partial charge in [-0.1, -0.05) is 35.8 Å². The van der Waals surface area contributed by atoms with Gasteiger partial charge in [0.1, 0.15) is 0 Å². The first-order valence-electron chi connectivity index (χ1n) is 6.00. The highest BCUT2D eigenvalue weighted by atomic mass is 79.9. The Kier molecular flexibility index (Phi) is 2.54. The number of non-ortho nitro benzene ring substituents is 1. The number of nitrogens with zero attached hydrogens (tertiary/aromatic N) is 1. The predicted molar refractivity (Wildman–Crippen MR) is 78.4 cm³/mol. The maximum atomic E-state index is 10.9. The molecule has 96 valence electrons. The summed E-state index contributed by atoms with van der Waals surface area (Å²) in [6, 6.07) is 11.3. The van der Waals surface area contributed by atoms with Gasteiger partial charge < -0.3 is 0 Å². The first kappa shape index (κ1) is 12.4. The molecular weight excluding hydrogens is 306 g/mol. The van der Waals surface area contributed by atoms with Crippen LogP contribution in [0.15, 0.2) is 40.9 Å². The standard InChI is InChI=1S/C15H12BrNO2/c1-15(2)13-7-9(16)3-5-11(13)12-6-4-10(17(18)19)8-14(12)15/h3-8H,1-2H3. The Morgan fingerprint density at radius 3 is 2.26 bits per heavy atom. The highest BCUT2D eigenvalue weighted by Crippen LogP contribution is 2.50. The van der Waals surface area contributed by atoms with Crippen LogP contribution in [0.5, 0.6) is 0 Å². The van der Waals surface area contributed by atoms with Crippen LogP contribution in [0.2, 0.25) is 0 Å². The number of fused-ring (bicyclic) bond motifs is 3. The van der Waals surface area contributed by atoms with Crippen molar-refractivity contribution in [2.24, 2.45) is 0 Å². The molecule has 2 aromatic carbocycles. The Morgan fingerprint density at radius 2 is 1.63 bits per heavy atom. The molecule has 0 saturated heterocycles. The lowest BCUT2D eigenvalue weighted by Crippen LogP contribution is -2.15. The Labute approximate surface area is 119 Å². The minimum Gasteiger partial charge on any atom is -0.258 e. The van der Waals surface area contributed by atoms with Gasteiger partial charge in [0.25, 0.3) is 5.69 Å². The fourth-order valence-electron chi connectivity index (χ4n) is 2.81. The third kappa shape index (κ3) is 1.70. The second-order valence-electron chi connectivity index (χ2n) is 5.30. The molecule has 0 saturated carbocycles. The van der Waals surface area contributed by atoms with Gasteiger partial charge in [0, 0.05) is 22.0 Å². The van der Waals surface area contributed by atoms with Crippen LogP contribution in [0.3, 0.4) is 0 Å². The average Bonchev–Trinajstić information content (AvgIpc) is 2.58. The van der Waals surface area contributed by atoms with Crippen molar-refractivity contribution in [1.29, 1.82) is 0 Å². The number of nitro groups is 1. The third-order valence-electron chi connectivity index (χ3n) is 3.83. The summed E-state index contributed by atoms with van der Waals surface area (Å²) in [7, 11) is 0. The first-order chi connectivity index (χ1) is 8.91. The van der Waals surface area contributed by atoms with E-state index < -0.39 is 0 Å². The van der Waals surface area contributed by atoms with E-state index in [4.69, 9.17) is 0 Å². The van der Waals surface area contributed by atoms with Crippen LogP contribution in [-0.4, -0.2) is 4.92 Å². The van der Waals surface area contributed by atoms with Gasteiger partial charge in [-0.3, -0.25) is 10.1 Å². The van der Waals surface area contributed by atoms with Gasteiger partial charge in [-0.05, 0) is 40.5 Å². The predicted octanol–water partition coefficient (Wildman–Crippen LogP) is 4.66. The van der Waals surface area contributed by atoms with E-state index in [-0.39, 0.29) is 16.0 Å². The van der Waals surface area contributed by atoms with E-state index in [1.807, 2.05) is 12.1 Å². The second kappa shape index (κ2) is 3.90. The van der Waals surface area contributed by atoms with E-state index in [2.05, 4.69) is 41.9 Å². The fraction of sp³-hybridized carbons (Fsp3) is 0.200. The molecule has 19 heavy (non-hydrogen) atoms. The van der Waals surface area contributed by atoms with Gasteiger partial charge in [-0.15, -0.1) is 0 Å². The molecule has 1 aliphatic rings. The zero-order valence-electron chi connectivity index (χ0n) is 10.6. The monoisotopic (exact) mass is 317 g/mol. The van der Waals surface area contributed by atoms with Crippen LogP contribution in [-0.2, 0) is 5.41 Å². The zero-order chi connectivity index (χ0) is 13.8. The number of hydrogen-bond donors (Lipinski definition) is 0. The molecular formula is C15H12BrNO2. The second-order valence-corrected chi connectivity index (χ2v) is 6.22. The highest BCUT2D eigenvalue weighted by molar-refractivity contribution is 9.10. The van der Waals surface area contributed by atoms with E-state index in [0.29, 0.717) is 0 Å². The van der Waals surface area contributed by atoms with E-state index in [9.17, 15) is 10.1 Å². The van der Waals surface area contributed by atoms with Gasteiger partial charge in [-0.25, -0.2) is 0 Å². The molecule has 1 aliphatic carbocycles. The lowest BCUT2D eigenvalue weighted by molar-refractivity contribution is -0.384. The van der Waals surface area contributed by atoms with Crippen molar-refractivity contribution in [3.05, 3.63) is 62.1 Å². The normalized spacial score (nSPS) is 14.9. The molecule has 4 heteroatoms. The zero-order valence-corrected chi connectivity index (χ0v) is 12.2. The quantitative estimate of drug-likeness (QED) is 0.567. The summed E-state index contributed by atoms with van der Waals surface area (Å²) in [5.74, 6) is 0. The molecule has 2 aromatic rings. The molecule has 3 nitrogen and oxygen atoms in total. The van der Waals surface area contributed by atoms with E-state index in [1.54, 1.807) is 12.1 Å². The minimum absolute atomic E-state index is 0.152.